The molecule has 0 atom stereocenters. The number of carbonyl (C=O) groups is 2. The molecule has 0 saturated heterocycles. The molecular weight excluding hydrogens is 216 g/mol. The van der Waals surface area contributed by atoms with Crippen LogP contribution in [0.1, 0.15) is 0 Å². The number of hydrogen-bond acceptors (Lipinski definition) is 2. The molecule has 0 rings (SSSR count). The van der Waals surface area contributed by atoms with E-state index in [0.717, 1.165) is 0 Å². The van der Waals surface area contributed by atoms with E-state index in [0.29, 0.717) is 13.1 Å². The van der Waals surface area contributed by atoms with Gasteiger partial charge < -0.3 is 10.2 Å². The van der Waals surface area contributed by atoms with E-state index in [-0.39, 0.29) is 24.2 Å². The number of amides is 2. The highest BCUT2D eigenvalue weighted by molar-refractivity contribution is 6.27. The summed E-state index contributed by atoms with van der Waals surface area (Å²) in [5.41, 5.74) is 0. The minimum Gasteiger partial charge on any atom is -0.351 e. The number of rotatable bonds is 7. The number of alkyl halides is 1. The summed E-state index contributed by atoms with van der Waals surface area (Å²) in [5, 5.41) is 2.57. The van der Waals surface area contributed by atoms with Gasteiger partial charge in [0.25, 0.3) is 0 Å². The molecule has 0 aliphatic rings. The zero-order chi connectivity index (χ0) is 11.7. The molecule has 0 fully saturated rings. The number of nitrogens with one attached hydrogen (secondary N) is 1. The second kappa shape index (κ2) is 8.05. The highest BCUT2D eigenvalue weighted by Crippen LogP contribution is 1.92. The third-order valence-corrected chi connectivity index (χ3v) is 1.82. The summed E-state index contributed by atoms with van der Waals surface area (Å²) < 4.78 is 0. The average molecular weight is 231 g/mol. The molecule has 84 valence electrons. The van der Waals surface area contributed by atoms with Crippen LogP contribution >= 0.6 is 11.6 Å². The van der Waals surface area contributed by atoms with Crippen molar-refractivity contribution in [2.45, 2.75) is 0 Å². The zero-order valence-corrected chi connectivity index (χ0v) is 9.29. The van der Waals surface area contributed by atoms with Crippen LogP contribution in [0.4, 0.5) is 0 Å². The first kappa shape index (κ1) is 13.7. The summed E-state index contributed by atoms with van der Waals surface area (Å²) in [6.07, 6.45) is 3.12. The molecule has 0 bridgehead atoms. The van der Waals surface area contributed by atoms with Gasteiger partial charge in [-0.3, -0.25) is 9.59 Å². The van der Waals surface area contributed by atoms with Crippen molar-refractivity contribution in [1.82, 2.24) is 10.2 Å². The molecule has 15 heavy (non-hydrogen) atoms. The van der Waals surface area contributed by atoms with Gasteiger partial charge in [0.05, 0.1) is 6.54 Å². The van der Waals surface area contributed by atoms with E-state index in [4.69, 9.17) is 11.6 Å². The number of halogens is 1. The summed E-state index contributed by atoms with van der Waals surface area (Å²) in [7, 11) is 0. The predicted octanol–water partition coefficient (Wildman–Crippen LogP) is 0.542. The molecule has 4 nitrogen and oxygen atoms in total. The highest BCUT2D eigenvalue weighted by Gasteiger charge is 2.13. The number of hydrogen-bond donors (Lipinski definition) is 1. The van der Waals surface area contributed by atoms with E-state index in [1.54, 1.807) is 12.2 Å². The van der Waals surface area contributed by atoms with Gasteiger partial charge in [0.2, 0.25) is 11.8 Å². The van der Waals surface area contributed by atoms with E-state index in [2.05, 4.69) is 18.5 Å². The van der Waals surface area contributed by atoms with Gasteiger partial charge in [0, 0.05) is 13.1 Å². The van der Waals surface area contributed by atoms with Crippen LogP contribution < -0.4 is 5.32 Å². The molecule has 5 heteroatoms. The standard InChI is InChI=1S/C10H15ClN2O2/c1-3-5-12-9(14)8-13(6-4-2)10(15)7-11/h3-4H,1-2,5-8H2,(H,12,14). The molecule has 0 unspecified atom stereocenters. The molecule has 2 amide bonds. The van der Waals surface area contributed by atoms with E-state index < -0.39 is 0 Å². The van der Waals surface area contributed by atoms with Crippen molar-refractivity contribution in [2.75, 3.05) is 25.5 Å². The minimum atomic E-state index is -0.287. The molecule has 0 radical (unpaired) electrons. The van der Waals surface area contributed by atoms with Crippen molar-refractivity contribution >= 4 is 23.4 Å². The third kappa shape index (κ3) is 5.91. The fourth-order valence-electron chi connectivity index (χ4n) is 0.910. The Hall–Kier alpha value is -1.29. The van der Waals surface area contributed by atoms with Gasteiger partial charge in [0.1, 0.15) is 5.88 Å². The van der Waals surface area contributed by atoms with Crippen LogP contribution in [-0.2, 0) is 9.59 Å². The van der Waals surface area contributed by atoms with Gasteiger partial charge in [-0.2, -0.15) is 0 Å². The maximum atomic E-state index is 11.3. The summed E-state index contributed by atoms with van der Waals surface area (Å²) in [6, 6.07) is 0. The normalized spacial score (nSPS) is 9.13. The van der Waals surface area contributed by atoms with Gasteiger partial charge in [-0.1, -0.05) is 12.2 Å². The van der Waals surface area contributed by atoms with Crippen molar-refractivity contribution in [1.29, 1.82) is 0 Å². The summed E-state index contributed by atoms with van der Waals surface area (Å²) >= 11 is 5.40. The minimum absolute atomic E-state index is 0.00852. The first-order valence-electron chi connectivity index (χ1n) is 4.48. The zero-order valence-electron chi connectivity index (χ0n) is 8.54. The molecule has 0 heterocycles. The van der Waals surface area contributed by atoms with Crippen molar-refractivity contribution in [3.05, 3.63) is 25.3 Å². The van der Waals surface area contributed by atoms with Crippen LogP contribution in [0, 0.1) is 0 Å². The topological polar surface area (TPSA) is 49.4 Å². The number of nitrogens with zero attached hydrogens (tertiary/aromatic N) is 1. The Bertz CT molecular complexity index is 254. The largest absolute Gasteiger partial charge is 0.351 e. The van der Waals surface area contributed by atoms with Gasteiger partial charge >= 0.3 is 0 Å². The summed E-state index contributed by atoms with van der Waals surface area (Å²) in [6.45, 7) is 7.66. The van der Waals surface area contributed by atoms with Crippen molar-refractivity contribution < 1.29 is 9.59 Å². The van der Waals surface area contributed by atoms with E-state index in [1.165, 1.54) is 4.90 Å². The monoisotopic (exact) mass is 230 g/mol. The second-order valence-electron chi connectivity index (χ2n) is 2.79. The lowest BCUT2D eigenvalue weighted by Crippen LogP contribution is -2.41. The Labute approximate surface area is 94.6 Å². The predicted molar refractivity (Wildman–Crippen MR) is 60.7 cm³/mol. The second-order valence-corrected chi connectivity index (χ2v) is 3.06. The highest BCUT2D eigenvalue weighted by atomic mass is 35.5. The third-order valence-electron chi connectivity index (χ3n) is 1.59. The Kier molecular flexibility index (Phi) is 7.36. The average Bonchev–Trinajstić information content (AvgIpc) is 2.24. The SMILES string of the molecule is C=CCNC(=O)CN(CC=C)C(=O)CCl. The Morgan fingerprint density at radius 1 is 1.33 bits per heavy atom. The number of carbonyl (C=O) groups excluding carboxylic acids is 2. The molecule has 0 spiro atoms. The quantitative estimate of drug-likeness (QED) is 0.513. The molecule has 0 aliphatic carbocycles. The lowest BCUT2D eigenvalue weighted by molar-refractivity contribution is -0.133. The lowest BCUT2D eigenvalue weighted by atomic mass is 10.4. The van der Waals surface area contributed by atoms with Crippen LogP contribution in [-0.4, -0.2) is 42.2 Å². The van der Waals surface area contributed by atoms with Crippen LogP contribution in [0.25, 0.3) is 0 Å². The molecule has 1 N–H and O–H groups in total. The maximum absolute atomic E-state index is 11.3. The summed E-state index contributed by atoms with van der Waals surface area (Å²) in [5.74, 6) is -0.664. The van der Waals surface area contributed by atoms with Crippen molar-refractivity contribution in [3.63, 3.8) is 0 Å². The Morgan fingerprint density at radius 2 is 2.00 bits per heavy atom. The van der Waals surface area contributed by atoms with Crippen molar-refractivity contribution in [3.8, 4) is 0 Å². The molecule has 0 aromatic heterocycles. The Balaban J connectivity index is 4.14. The van der Waals surface area contributed by atoms with Crippen molar-refractivity contribution in [2.24, 2.45) is 0 Å². The van der Waals surface area contributed by atoms with Crippen LogP contribution in [0.2, 0.25) is 0 Å². The smallest absolute Gasteiger partial charge is 0.239 e. The summed E-state index contributed by atoms with van der Waals surface area (Å²) in [4.78, 5) is 23.9. The molecule has 0 aromatic rings. The molecule has 0 aromatic carbocycles. The lowest BCUT2D eigenvalue weighted by Gasteiger charge is -2.19. The van der Waals surface area contributed by atoms with Gasteiger partial charge in [-0.25, -0.2) is 0 Å². The molecule has 0 aliphatic heterocycles. The fraction of sp³-hybridized carbons (Fsp3) is 0.400. The van der Waals surface area contributed by atoms with Gasteiger partial charge in [-0.15, -0.1) is 24.8 Å². The van der Waals surface area contributed by atoms with Gasteiger partial charge in [0.15, 0.2) is 0 Å². The van der Waals surface area contributed by atoms with E-state index in [9.17, 15) is 9.59 Å². The first-order valence-corrected chi connectivity index (χ1v) is 5.01. The van der Waals surface area contributed by atoms with Gasteiger partial charge in [-0.05, 0) is 0 Å². The van der Waals surface area contributed by atoms with Crippen LogP contribution in [0.15, 0.2) is 25.3 Å². The molecule has 0 saturated carbocycles. The van der Waals surface area contributed by atoms with E-state index >= 15 is 0 Å². The van der Waals surface area contributed by atoms with Crippen LogP contribution in [0.5, 0.6) is 0 Å². The van der Waals surface area contributed by atoms with Crippen LogP contribution in [0.3, 0.4) is 0 Å². The van der Waals surface area contributed by atoms with E-state index in [1.807, 2.05) is 0 Å². The Morgan fingerprint density at radius 3 is 2.47 bits per heavy atom. The first-order chi connectivity index (χ1) is 7.15. The molecular formula is C10H15ClN2O2. The fourth-order valence-corrected chi connectivity index (χ4v) is 1.08. The maximum Gasteiger partial charge on any atom is 0.239 e.